The number of aromatic nitrogens is 3. The van der Waals surface area contributed by atoms with Crippen molar-refractivity contribution in [1.82, 2.24) is 19.7 Å². The summed E-state index contributed by atoms with van der Waals surface area (Å²) < 4.78 is 1.91. The van der Waals surface area contributed by atoms with Gasteiger partial charge in [-0.2, -0.15) is 0 Å². The summed E-state index contributed by atoms with van der Waals surface area (Å²) in [4.78, 5) is 27.8. The average Bonchev–Trinajstić information content (AvgIpc) is 3.45. The fourth-order valence-corrected chi connectivity index (χ4v) is 5.21. The smallest absolute Gasteiger partial charge is 0.254 e. The molecule has 1 aliphatic rings. The molecule has 4 rings (SSSR count). The van der Waals surface area contributed by atoms with Crippen molar-refractivity contribution < 1.29 is 9.59 Å². The summed E-state index contributed by atoms with van der Waals surface area (Å²) in [5.41, 5.74) is 4.77. The number of hydrogen-bond acceptors (Lipinski definition) is 5. The second-order valence-electron chi connectivity index (χ2n) is 8.67. The highest BCUT2D eigenvalue weighted by molar-refractivity contribution is 7.99. The van der Waals surface area contributed by atoms with Crippen LogP contribution in [0.5, 0.6) is 0 Å². The van der Waals surface area contributed by atoms with Crippen molar-refractivity contribution in [2.75, 3.05) is 17.6 Å². The summed E-state index contributed by atoms with van der Waals surface area (Å²) in [6.45, 7) is 6.74. The number of rotatable bonds is 7. The first-order chi connectivity index (χ1) is 16.4. The first-order valence-electron chi connectivity index (χ1n) is 11.7. The molecule has 0 aliphatic carbocycles. The van der Waals surface area contributed by atoms with Gasteiger partial charge in [0.1, 0.15) is 0 Å². The molecule has 0 radical (unpaired) electrons. The van der Waals surface area contributed by atoms with Crippen LogP contribution >= 0.6 is 11.8 Å². The fraction of sp³-hybridized carbons (Fsp3) is 0.385. The molecular formula is C26H31N5O2S. The number of carbonyl (C=O) groups excluding carboxylic acids is 2. The van der Waals surface area contributed by atoms with Crippen molar-refractivity contribution in [2.24, 2.45) is 7.05 Å². The van der Waals surface area contributed by atoms with Gasteiger partial charge in [-0.15, -0.1) is 10.2 Å². The molecule has 1 unspecified atom stereocenters. The molecule has 1 N–H and O–H groups in total. The molecule has 1 atom stereocenters. The molecule has 178 valence electrons. The predicted octanol–water partition coefficient (Wildman–Crippen LogP) is 4.70. The van der Waals surface area contributed by atoms with Gasteiger partial charge in [0.2, 0.25) is 5.91 Å². The van der Waals surface area contributed by atoms with Crippen LogP contribution in [0, 0.1) is 13.8 Å². The summed E-state index contributed by atoms with van der Waals surface area (Å²) in [5.74, 6) is 0.951. The third kappa shape index (κ3) is 4.87. The third-order valence-electron chi connectivity index (χ3n) is 6.39. The van der Waals surface area contributed by atoms with Gasteiger partial charge in [-0.05, 0) is 55.9 Å². The van der Waals surface area contributed by atoms with E-state index in [1.807, 2.05) is 72.8 Å². The Labute approximate surface area is 205 Å². The lowest BCUT2D eigenvalue weighted by molar-refractivity contribution is -0.113. The zero-order chi connectivity index (χ0) is 24.2. The minimum Gasteiger partial charge on any atom is -0.328 e. The van der Waals surface area contributed by atoms with Crippen molar-refractivity contribution in [2.45, 2.75) is 51.2 Å². The molecule has 1 fully saturated rings. The lowest BCUT2D eigenvalue weighted by atomic mass is 10.1. The summed E-state index contributed by atoms with van der Waals surface area (Å²) in [5, 5.41) is 12.5. The third-order valence-corrected chi connectivity index (χ3v) is 7.41. The van der Waals surface area contributed by atoms with Gasteiger partial charge in [0.05, 0.1) is 11.8 Å². The van der Waals surface area contributed by atoms with Gasteiger partial charge in [0.15, 0.2) is 11.0 Å². The number of nitrogens with zero attached hydrogens (tertiary/aromatic N) is 4. The van der Waals surface area contributed by atoms with E-state index in [0.29, 0.717) is 11.7 Å². The van der Waals surface area contributed by atoms with Crippen molar-refractivity contribution >= 4 is 29.3 Å². The minimum atomic E-state index is -0.119. The highest BCUT2D eigenvalue weighted by Gasteiger charge is 2.34. The van der Waals surface area contributed by atoms with Crippen LogP contribution in [0.1, 0.15) is 58.7 Å². The predicted molar refractivity (Wildman–Crippen MR) is 135 cm³/mol. The molecule has 1 saturated heterocycles. The van der Waals surface area contributed by atoms with Crippen molar-refractivity contribution in [1.29, 1.82) is 0 Å². The van der Waals surface area contributed by atoms with Gasteiger partial charge in [0, 0.05) is 24.8 Å². The average molecular weight is 478 g/mol. The fourth-order valence-electron chi connectivity index (χ4n) is 4.50. The lowest BCUT2D eigenvalue weighted by Gasteiger charge is -2.24. The number of aryl methyl sites for hydroxylation is 3. The quantitative estimate of drug-likeness (QED) is 0.499. The first kappa shape index (κ1) is 24.0. The Hall–Kier alpha value is -3.13. The van der Waals surface area contributed by atoms with E-state index >= 15 is 0 Å². The minimum absolute atomic E-state index is 0.0298. The molecule has 34 heavy (non-hydrogen) atoms. The van der Waals surface area contributed by atoms with Crippen LogP contribution < -0.4 is 5.32 Å². The number of hydrogen-bond donors (Lipinski definition) is 1. The summed E-state index contributed by atoms with van der Waals surface area (Å²) in [6, 6.07) is 13.6. The zero-order valence-electron chi connectivity index (χ0n) is 20.2. The molecular weight excluding hydrogens is 446 g/mol. The molecule has 2 amide bonds. The van der Waals surface area contributed by atoms with Crippen molar-refractivity contribution in [3.8, 4) is 0 Å². The maximum atomic E-state index is 13.2. The van der Waals surface area contributed by atoms with Gasteiger partial charge in [0.25, 0.3) is 5.91 Å². The van der Waals surface area contributed by atoms with Crippen LogP contribution in [0.4, 0.5) is 5.69 Å². The highest BCUT2D eigenvalue weighted by atomic mass is 32.2. The number of para-hydroxylation sites is 1. The van der Waals surface area contributed by atoms with Gasteiger partial charge in [-0.25, -0.2) is 0 Å². The number of benzene rings is 2. The van der Waals surface area contributed by atoms with Crippen LogP contribution in [0.2, 0.25) is 0 Å². The van der Waals surface area contributed by atoms with Gasteiger partial charge in [-0.1, -0.05) is 55.1 Å². The van der Waals surface area contributed by atoms with E-state index < -0.39 is 0 Å². The largest absolute Gasteiger partial charge is 0.328 e. The van der Waals surface area contributed by atoms with E-state index in [4.69, 9.17) is 0 Å². The van der Waals surface area contributed by atoms with Gasteiger partial charge < -0.3 is 14.8 Å². The molecule has 1 aromatic heterocycles. The number of nitrogens with one attached hydrogen (secondary N) is 1. The maximum absolute atomic E-state index is 13.2. The second kappa shape index (κ2) is 10.4. The Balaban J connectivity index is 1.44. The number of thioether (sulfide) groups is 1. The molecule has 2 heterocycles. The van der Waals surface area contributed by atoms with E-state index in [0.717, 1.165) is 53.0 Å². The molecule has 0 spiro atoms. The summed E-state index contributed by atoms with van der Waals surface area (Å²) in [6.07, 6.45) is 2.63. The Morgan fingerprint density at radius 2 is 1.85 bits per heavy atom. The first-order valence-corrected chi connectivity index (χ1v) is 12.7. The summed E-state index contributed by atoms with van der Waals surface area (Å²) in [7, 11) is 1.90. The normalized spacial score (nSPS) is 15.5. The molecule has 1 aliphatic heterocycles. The van der Waals surface area contributed by atoms with Crippen LogP contribution in [-0.4, -0.2) is 43.8 Å². The van der Waals surface area contributed by atoms with Crippen LogP contribution in [0.15, 0.2) is 47.6 Å². The van der Waals surface area contributed by atoms with E-state index in [2.05, 4.69) is 22.4 Å². The Morgan fingerprint density at radius 1 is 1.09 bits per heavy atom. The summed E-state index contributed by atoms with van der Waals surface area (Å²) >= 11 is 1.36. The van der Waals surface area contributed by atoms with Gasteiger partial charge >= 0.3 is 0 Å². The Kier molecular flexibility index (Phi) is 7.36. The standard InChI is InChI=1S/C26H31N5O2S/c1-5-19-12-8-11-18(3)23(19)27-22(32)16-34-26-29-28-24(30(26)4)21-14-9-15-31(21)25(33)20-13-7-6-10-17(20)2/h6-8,10-13,21H,5,9,14-16H2,1-4H3,(H,27,32). The van der Waals surface area contributed by atoms with E-state index in [-0.39, 0.29) is 23.6 Å². The lowest BCUT2D eigenvalue weighted by Crippen LogP contribution is -2.32. The van der Waals surface area contributed by atoms with Crippen LogP contribution in [0.25, 0.3) is 0 Å². The number of amides is 2. The highest BCUT2D eigenvalue weighted by Crippen LogP contribution is 2.33. The van der Waals surface area contributed by atoms with Crippen molar-refractivity contribution in [3.05, 3.63) is 70.5 Å². The number of carbonyl (C=O) groups is 2. The van der Waals surface area contributed by atoms with Crippen LogP contribution in [0.3, 0.4) is 0 Å². The molecule has 3 aromatic rings. The molecule has 7 nitrogen and oxygen atoms in total. The molecule has 0 saturated carbocycles. The van der Waals surface area contributed by atoms with Gasteiger partial charge in [-0.3, -0.25) is 9.59 Å². The molecule has 8 heteroatoms. The van der Waals surface area contributed by atoms with Crippen LogP contribution in [-0.2, 0) is 18.3 Å². The molecule has 2 aromatic carbocycles. The molecule has 0 bridgehead atoms. The zero-order valence-corrected chi connectivity index (χ0v) is 21.0. The van der Waals surface area contributed by atoms with E-state index in [1.165, 1.54) is 11.8 Å². The van der Waals surface area contributed by atoms with E-state index in [1.54, 1.807) is 0 Å². The van der Waals surface area contributed by atoms with E-state index in [9.17, 15) is 9.59 Å². The number of anilines is 1. The number of likely N-dealkylation sites (tertiary alicyclic amines) is 1. The second-order valence-corrected chi connectivity index (χ2v) is 9.61. The monoisotopic (exact) mass is 477 g/mol. The maximum Gasteiger partial charge on any atom is 0.254 e. The topological polar surface area (TPSA) is 80.1 Å². The van der Waals surface area contributed by atoms with Crippen molar-refractivity contribution in [3.63, 3.8) is 0 Å². The Bertz CT molecular complexity index is 1210. The Morgan fingerprint density at radius 3 is 2.62 bits per heavy atom. The SMILES string of the molecule is CCc1cccc(C)c1NC(=O)CSc1nnc(C2CCCN2C(=O)c2ccccc2C)n1C.